The topological polar surface area (TPSA) is 63.4 Å². The van der Waals surface area contributed by atoms with Gasteiger partial charge in [-0.05, 0) is 24.6 Å². The summed E-state index contributed by atoms with van der Waals surface area (Å²) in [5.74, 6) is 0.855. The third kappa shape index (κ3) is 3.31. The molecule has 0 spiro atoms. The lowest BCUT2D eigenvalue weighted by Gasteiger charge is -2.29. The van der Waals surface area contributed by atoms with E-state index in [4.69, 9.17) is 5.73 Å². The fourth-order valence-electron chi connectivity index (χ4n) is 2.11. The van der Waals surface area contributed by atoms with Gasteiger partial charge < -0.3 is 5.73 Å². The van der Waals surface area contributed by atoms with Crippen molar-refractivity contribution in [3.63, 3.8) is 0 Å². The highest BCUT2D eigenvalue weighted by molar-refractivity contribution is 8.00. The van der Waals surface area contributed by atoms with Crippen LogP contribution in [0, 0.1) is 0 Å². The molecule has 0 aliphatic carbocycles. The average molecular weight is 300 g/mol. The number of nitrogens with zero attached hydrogens (tertiary/aromatic N) is 1. The highest BCUT2D eigenvalue weighted by atomic mass is 32.2. The van der Waals surface area contributed by atoms with Crippen LogP contribution >= 0.6 is 11.8 Å². The van der Waals surface area contributed by atoms with Crippen molar-refractivity contribution >= 4 is 21.8 Å². The first kappa shape index (κ1) is 14.8. The van der Waals surface area contributed by atoms with Crippen molar-refractivity contribution in [2.24, 2.45) is 5.73 Å². The van der Waals surface area contributed by atoms with Crippen molar-refractivity contribution in [3.8, 4) is 0 Å². The predicted molar refractivity (Wildman–Crippen MR) is 79.7 cm³/mol. The minimum absolute atomic E-state index is 0.161. The SMILES string of the molecule is CC1CN(S(=O)(=O)c2cccc(C(C)N)c2)CCS1. The summed E-state index contributed by atoms with van der Waals surface area (Å²) in [6.45, 7) is 5.07. The molecule has 106 valence electrons. The summed E-state index contributed by atoms with van der Waals surface area (Å²) in [6, 6.07) is 6.79. The molecular weight excluding hydrogens is 280 g/mol. The number of thioether (sulfide) groups is 1. The lowest BCUT2D eigenvalue weighted by atomic mass is 10.1. The summed E-state index contributed by atoms with van der Waals surface area (Å²) in [5.41, 5.74) is 6.66. The van der Waals surface area contributed by atoms with Crippen LogP contribution in [-0.2, 0) is 10.0 Å². The Hall–Kier alpha value is -0.560. The molecule has 2 atom stereocenters. The minimum Gasteiger partial charge on any atom is -0.324 e. The molecule has 0 aromatic heterocycles. The molecule has 6 heteroatoms. The van der Waals surface area contributed by atoms with Gasteiger partial charge in [-0.3, -0.25) is 0 Å². The number of sulfonamides is 1. The van der Waals surface area contributed by atoms with Crippen LogP contribution in [0.3, 0.4) is 0 Å². The van der Waals surface area contributed by atoms with Crippen LogP contribution in [0.25, 0.3) is 0 Å². The van der Waals surface area contributed by atoms with Gasteiger partial charge in [0.25, 0.3) is 0 Å². The molecule has 0 amide bonds. The maximum absolute atomic E-state index is 12.6. The van der Waals surface area contributed by atoms with Crippen LogP contribution in [0.1, 0.15) is 25.5 Å². The third-order valence-corrected chi connectivity index (χ3v) is 6.22. The highest BCUT2D eigenvalue weighted by Crippen LogP contribution is 2.25. The van der Waals surface area contributed by atoms with Gasteiger partial charge in [-0.25, -0.2) is 8.42 Å². The molecule has 1 heterocycles. The average Bonchev–Trinajstić information content (AvgIpc) is 2.39. The lowest BCUT2D eigenvalue weighted by Crippen LogP contribution is -2.40. The zero-order valence-electron chi connectivity index (χ0n) is 11.2. The molecule has 1 aliphatic rings. The highest BCUT2D eigenvalue weighted by Gasteiger charge is 2.29. The summed E-state index contributed by atoms with van der Waals surface area (Å²) in [5, 5.41) is 0.347. The quantitative estimate of drug-likeness (QED) is 0.925. The molecule has 1 saturated heterocycles. The second-order valence-electron chi connectivity index (χ2n) is 4.91. The van der Waals surface area contributed by atoms with E-state index in [1.807, 2.05) is 24.8 Å². The van der Waals surface area contributed by atoms with Gasteiger partial charge in [-0.15, -0.1) is 0 Å². The van der Waals surface area contributed by atoms with Crippen molar-refractivity contribution < 1.29 is 8.42 Å². The molecule has 2 rings (SSSR count). The predicted octanol–water partition coefficient (Wildman–Crippen LogP) is 1.83. The van der Waals surface area contributed by atoms with Gasteiger partial charge in [0.15, 0.2) is 0 Å². The maximum Gasteiger partial charge on any atom is 0.243 e. The van der Waals surface area contributed by atoms with E-state index in [1.54, 1.807) is 22.5 Å². The Morgan fingerprint density at radius 1 is 1.47 bits per heavy atom. The summed E-state index contributed by atoms with van der Waals surface area (Å²) in [4.78, 5) is 0.349. The zero-order chi connectivity index (χ0) is 14.0. The van der Waals surface area contributed by atoms with Crippen molar-refractivity contribution in [1.29, 1.82) is 0 Å². The van der Waals surface area contributed by atoms with Gasteiger partial charge >= 0.3 is 0 Å². The van der Waals surface area contributed by atoms with Gasteiger partial charge in [0, 0.05) is 30.1 Å². The molecule has 4 nitrogen and oxygen atoms in total. The number of rotatable bonds is 3. The standard InChI is InChI=1S/C13H20N2O2S2/c1-10-9-15(6-7-18-10)19(16,17)13-5-3-4-12(8-13)11(2)14/h3-5,8,10-11H,6-7,9,14H2,1-2H3. The smallest absolute Gasteiger partial charge is 0.243 e. The van der Waals surface area contributed by atoms with Crippen LogP contribution < -0.4 is 5.73 Å². The third-order valence-electron chi connectivity index (χ3n) is 3.23. The number of nitrogens with two attached hydrogens (primary N) is 1. The Morgan fingerprint density at radius 2 is 2.21 bits per heavy atom. The summed E-state index contributed by atoms with van der Waals surface area (Å²) in [6.07, 6.45) is 0. The van der Waals surface area contributed by atoms with E-state index < -0.39 is 10.0 Å². The molecule has 1 aliphatic heterocycles. The van der Waals surface area contributed by atoms with Crippen molar-refractivity contribution in [1.82, 2.24) is 4.31 Å². The molecular formula is C13H20N2O2S2. The van der Waals surface area contributed by atoms with Crippen LogP contribution in [0.15, 0.2) is 29.2 Å². The molecule has 19 heavy (non-hydrogen) atoms. The van der Waals surface area contributed by atoms with Crippen LogP contribution in [0.4, 0.5) is 0 Å². The Bertz CT molecular complexity index is 543. The molecule has 2 N–H and O–H groups in total. The Balaban J connectivity index is 2.31. The second-order valence-corrected chi connectivity index (χ2v) is 8.39. The Kier molecular flexibility index (Phi) is 4.55. The number of benzene rings is 1. The Morgan fingerprint density at radius 3 is 2.84 bits per heavy atom. The van der Waals surface area contributed by atoms with Crippen LogP contribution in [0.2, 0.25) is 0 Å². The normalized spacial score (nSPS) is 23.2. The van der Waals surface area contributed by atoms with Crippen molar-refractivity contribution in [2.75, 3.05) is 18.8 Å². The monoisotopic (exact) mass is 300 g/mol. The van der Waals surface area contributed by atoms with E-state index in [-0.39, 0.29) is 6.04 Å². The minimum atomic E-state index is -3.39. The maximum atomic E-state index is 12.6. The lowest BCUT2D eigenvalue weighted by molar-refractivity contribution is 0.424. The van der Waals surface area contributed by atoms with E-state index in [0.29, 0.717) is 23.2 Å². The molecule has 1 aromatic rings. The summed E-state index contributed by atoms with van der Waals surface area (Å²) >= 11 is 1.82. The first-order valence-corrected chi connectivity index (χ1v) is 8.87. The molecule has 0 saturated carbocycles. The molecule has 1 fully saturated rings. The van der Waals surface area contributed by atoms with E-state index in [1.165, 1.54) is 0 Å². The molecule has 1 aromatic carbocycles. The number of hydrogen-bond acceptors (Lipinski definition) is 4. The van der Waals surface area contributed by atoms with Gasteiger partial charge in [0.05, 0.1) is 4.90 Å². The van der Waals surface area contributed by atoms with Crippen LogP contribution in [-0.4, -0.2) is 36.8 Å². The fraction of sp³-hybridized carbons (Fsp3) is 0.538. The molecule has 0 radical (unpaired) electrons. The van der Waals surface area contributed by atoms with Crippen LogP contribution in [0.5, 0.6) is 0 Å². The van der Waals surface area contributed by atoms with Gasteiger partial charge in [0.2, 0.25) is 10.0 Å². The van der Waals surface area contributed by atoms with Gasteiger partial charge in [0.1, 0.15) is 0 Å². The second kappa shape index (κ2) is 5.83. The molecule has 2 unspecified atom stereocenters. The van der Waals surface area contributed by atoms with E-state index in [9.17, 15) is 8.42 Å². The zero-order valence-corrected chi connectivity index (χ0v) is 12.9. The van der Waals surface area contributed by atoms with E-state index >= 15 is 0 Å². The van der Waals surface area contributed by atoms with Gasteiger partial charge in [-0.2, -0.15) is 16.1 Å². The Labute approximate surface area is 119 Å². The fourth-order valence-corrected chi connectivity index (χ4v) is 4.92. The summed E-state index contributed by atoms with van der Waals surface area (Å²) < 4.78 is 26.7. The van der Waals surface area contributed by atoms with Crippen molar-refractivity contribution in [3.05, 3.63) is 29.8 Å². The molecule has 0 bridgehead atoms. The first-order valence-electron chi connectivity index (χ1n) is 6.38. The van der Waals surface area contributed by atoms with Crippen molar-refractivity contribution in [2.45, 2.75) is 30.0 Å². The summed E-state index contributed by atoms with van der Waals surface area (Å²) in [7, 11) is -3.39. The van der Waals surface area contributed by atoms with E-state index in [0.717, 1.165) is 11.3 Å². The number of hydrogen-bond donors (Lipinski definition) is 1. The van der Waals surface area contributed by atoms with E-state index in [2.05, 4.69) is 6.92 Å². The van der Waals surface area contributed by atoms with Gasteiger partial charge in [-0.1, -0.05) is 19.1 Å². The first-order chi connectivity index (χ1) is 8.91. The largest absolute Gasteiger partial charge is 0.324 e.